The second-order valence-corrected chi connectivity index (χ2v) is 4.19. The van der Waals surface area contributed by atoms with Gasteiger partial charge in [0.1, 0.15) is 0 Å². The highest BCUT2D eigenvalue weighted by Gasteiger charge is 2.21. The van der Waals surface area contributed by atoms with Gasteiger partial charge in [-0.05, 0) is 43.5 Å². The first-order valence-electron chi connectivity index (χ1n) is 5.93. The summed E-state index contributed by atoms with van der Waals surface area (Å²) in [6.45, 7) is 3.07. The summed E-state index contributed by atoms with van der Waals surface area (Å²) in [7, 11) is 0. The molecule has 0 radical (unpaired) electrons. The first-order chi connectivity index (χ1) is 7.79. The number of amides is 1. The Labute approximate surface area is 96.2 Å². The molecule has 86 valence electrons. The summed E-state index contributed by atoms with van der Waals surface area (Å²) in [6.07, 6.45) is 3.06. The van der Waals surface area contributed by atoms with Crippen LogP contribution in [0.15, 0.2) is 24.3 Å². The number of aryl methyl sites for hydroxylation is 1. The van der Waals surface area contributed by atoms with Crippen LogP contribution in [0.4, 0.5) is 5.69 Å². The van der Waals surface area contributed by atoms with Crippen LogP contribution < -0.4 is 10.6 Å². The summed E-state index contributed by atoms with van der Waals surface area (Å²) >= 11 is 0. The fourth-order valence-electron chi connectivity index (χ4n) is 1.96. The molecular weight excluding hydrogens is 200 g/mol. The lowest BCUT2D eigenvalue weighted by Crippen LogP contribution is -2.35. The van der Waals surface area contributed by atoms with Gasteiger partial charge >= 0.3 is 0 Å². The summed E-state index contributed by atoms with van der Waals surface area (Å²) < 4.78 is 0. The Bertz CT molecular complexity index is 353. The van der Waals surface area contributed by atoms with Crippen molar-refractivity contribution in [3.8, 4) is 0 Å². The van der Waals surface area contributed by atoms with Crippen LogP contribution in [-0.4, -0.2) is 18.5 Å². The Morgan fingerprint density at radius 3 is 2.75 bits per heavy atom. The van der Waals surface area contributed by atoms with Crippen molar-refractivity contribution >= 4 is 11.6 Å². The molecule has 3 heteroatoms. The van der Waals surface area contributed by atoms with Crippen molar-refractivity contribution in [3.63, 3.8) is 0 Å². The van der Waals surface area contributed by atoms with Gasteiger partial charge in [0.25, 0.3) is 0 Å². The zero-order chi connectivity index (χ0) is 11.4. The zero-order valence-electron chi connectivity index (χ0n) is 9.62. The molecule has 2 rings (SSSR count). The van der Waals surface area contributed by atoms with Gasteiger partial charge in [-0.25, -0.2) is 0 Å². The molecule has 1 aromatic carbocycles. The van der Waals surface area contributed by atoms with Crippen LogP contribution in [0.1, 0.15) is 25.3 Å². The van der Waals surface area contributed by atoms with E-state index >= 15 is 0 Å². The predicted octanol–water partition coefficient (Wildman–Crippen LogP) is 1.94. The van der Waals surface area contributed by atoms with Gasteiger partial charge in [0.05, 0.1) is 6.04 Å². The Morgan fingerprint density at radius 2 is 2.19 bits per heavy atom. The molecule has 1 saturated heterocycles. The van der Waals surface area contributed by atoms with Gasteiger partial charge in [-0.1, -0.05) is 19.1 Å². The number of nitrogens with one attached hydrogen (secondary N) is 2. The first-order valence-corrected chi connectivity index (χ1v) is 5.93. The molecule has 0 bridgehead atoms. The number of carbonyl (C=O) groups excluding carboxylic acids is 1. The molecular formula is C13H18N2O. The van der Waals surface area contributed by atoms with E-state index in [1.54, 1.807) is 0 Å². The van der Waals surface area contributed by atoms with Crippen molar-refractivity contribution in [1.29, 1.82) is 0 Å². The molecule has 3 nitrogen and oxygen atoms in total. The number of hydrogen-bond donors (Lipinski definition) is 2. The third-order valence-electron chi connectivity index (χ3n) is 3.01. The maximum Gasteiger partial charge on any atom is 0.241 e. The highest BCUT2D eigenvalue weighted by Crippen LogP contribution is 2.12. The average molecular weight is 218 g/mol. The number of anilines is 1. The normalized spacial score (nSPS) is 19.7. The summed E-state index contributed by atoms with van der Waals surface area (Å²) in [5, 5.41) is 6.12. The number of carbonyl (C=O) groups is 1. The summed E-state index contributed by atoms with van der Waals surface area (Å²) in [5.74, 6) is 0.0850. The second-order valence-electron chi connectivity index (χ2n) is 4.19. The van der Waals surface area contributed by atoms with Crippen LogP contribution in [0.5, 0.6) is 0 Å². The molecule has 0 aromatic heterocycles. The van der Waals surface area contributed by atoms with Crippen LogP contribution in [-0.2, 0) is 11.2 Å². The van der Waals surface area contributed by atoms with Crippen molar-refractivity contribution in [1.82, 2.24) is 5.32 Å². The van der Waals surface area contributed by atoms with Gasteiger partial charge in [-0.3, -0.25) is 4.79 Å². The SMILES string of the molecule is CCc1ccc(NC(=O)[C@@H]2CCCN2)cc1. The van der Waals surface area contributed by atoms with Crippen LogP contribution in [0.25, 0.3) is 0 Å². The Balaban J connectivity index is 1.94. The van der Waals surface area contributed by atoms with Crippen molar-refractivity contribution in [2.45, 2.75) is 32.2 Å². The van der Waals surface area contributed by atoms with Crippen molar-refractivity contribution in [2.75, 3.05) is 11.9 Å². The van der Waals surface area contributed by atoms with Gasteiger partial charge in [-0.2, -0.15) is 0 Å². The third-order valence-corrected chi connectivity index (χ3v) is 3.01. The lowest BCUT2D eigenvalue weighted by atomic mass is 10.1. The molecule has 1 amide bonds. The molecule has 0 aliphatic carbocycles. The van der Waals surface area contributed by atoms with Crippen LogP contribution in [0, 0.1) is 0 Å². The third kappa shape index (κ3) is 2.61. The summed E-state index contributed by atoms with van der Waals surface area (Å²) in [4.78, 5) is 11.8. The molecule has 1 aromatic rings. The topological polar surface area (TPSA) is 41.1 Å². The van der Waals surface area contributed by atoms with Crippen LogP contribution in [0.2, 0.25) is 0 Å². The molecule has 1 atom stereocenters. The fraction of sp³-hybridized carbons (Fsp3) is 0.462. The smallest absolute Gasteiger partial charge is 0.241 e. The van der Waals surface area contributed by atoms with Gasteiger partial charge in [0.2, 0.25) is 5.91 Å². The van der Waals surface area contributed by atoms with E-state index in [2.05, 4.69) is 29.7 Å². The molecule has 1 aliphatic rings. The largest absolute Gasteiger partial charge is 0.325 e. The van der Waals surface area contributed by atoms with E-state index in [-0.39, 0.29) is 11.9 Å². The van der Waals surface area contributed by atoms with E-state index in [0.29, 0.717) is 0 Å². The van der Waals surface area contributed by atoms with E-state index in [4.69, 9.17) is 0 Å². The van der Waals surface area contributed by atoms with E-state index in [0.717, 1.165) is 31.5 Å². The van der Waals surface area contributed by atoms with Gasteiger partial charge in [-0.15, -0.1) is 0 Å². The minimum atomic E-state index is -0.00847. The number of rotatable bonds is 3. The van der Waals surface area contributed by atoms with Crippen molar-refractivity contribution in [3.05, 3.63) is 29.8 Å². The van der Waals surface area contributed by atoms with E-state index in [1.165, 1.54) is 5.56 Å². The monoisotopic (exact) mass is 218 g/mol. The van der Waals surface area contributed by atoms with Gasteiger partial charge < -0.3 is 10.6 Å². The van der Waals surface area contributed by atoms with E-state index < -0.39 is 0 Å². The van der Waals surface area contributed by atoms with Gasteiger partial charge in [0.15, 0.2) is 0 Å². The molecule has 0 spiro atoms. The Morgan fingerprint density at radius 1 is 1.44 bits per heavy atom. The van der Waals surface area contributed by atoms with Crippen LogP contribution >= 0.6 is 0 Å². The molecule has 2 N–H and O–H groups in total. The minimum absolute atomic E-state index is 0.00847. The maximum absolute atomic E-state index is 11.8. The van der Waals surface area contributed by atoms with Gasteiger partial charge in [0, 0.05) is 5.69 Å². The first kappa shape index (κ1) is 11.1. The zero-order valence-corrected chi connectivity index (χ0v) is 9.62. The molecule has 0 saturated carbocycles. The molecule has 1 heterocycles. The average Bonchev–Trinajstić information content (AvgIpc) is 2.83. The number of hydrogen-bond acceptors (Lipinski definition) is 2. The number of benzene rings is 1. The second kappa shape index (κ2) is 5.12. The maximum atomic E-state index is 11.8. The predicted molar refractivity (Wildman–Crippen MR) is 65.5 cm³/mol. The highest BCUT2D eigenvalue weighted by atomic mass is 16.2. The molecule has 1 aliphatic heterocycles. The Kier molecular flexibility index (Phi) is 3.57. The standard InChI is InChI=1S/C13H18N2O/c1-2-10-5-7-11(8-6-10)15-13(16)12-4-3-9-14-12/h5-8,12,14H,2-4,9H2,1H3,(H,15,16)/t12-/m0/s1. The van der Waals surface area contributed by atoms with E-state index in [1.807, 2.05) is 12.1 Å². The fourth-order valence-corrected chi connectivity index (χ4v) is 1.96. The Hall–Kier alpha value is -1.35. The molecule has 1 fully saturated rings. The lowest BCUT2D eigenvalue weighted by molar-refractivity contribution is -0.117. The van der Waals surface area contributed by atoms with Crippen molar-refractivity contribution in [2.24, 2.45) is 0 Å². The van der Waals surface area contributed by atoms with Crippen molar-refractivity contribution < 1.29 is 4.79 Å². The summed E-state index contributed by atoms with van der Waals surface area (Å²) in [6, 6.07) is 8.03. The quantitative estimate of drug-likeness (QED) is 0.814. The lowest BCUT2D eigenvalue weighted by Gasteiger charge is -2.11. The van der Waals surface area contributed by atoms with Crippen LogP contribution in [0.3, 0.4) is 0 Å². The summed E-state index contributed by atoms with van der Waals surface area (Å²) in [5.41, 5.74) is 2.17. The van der Waals surface area contributed by atoms with E-state index in [9.17, 15) is 4.79 Å². The highest BCUT2D eigenvalue weighted by molar-refractivity contribution is 5.95. The molecule has 0 unspecified atom stereocenters. The molecule has 16 heavy (non-hydrogen) atoms. The minimum Gasteiger partial charge on any atom is -0.325 e.